The molecule has 1 heterocycles. The van der Waals surface area contributed by atoms with E-state index in [4.69, 9.17) is 0 Å². The highest BCUT2D eigenvalue weighted by Crippen LogP contribution is 2.64. The summed E-state index contributed by atoms with van der Waals surface area (Å²) >= 11 is 1.59. The average Bonchev–Trinajstić information content (AvgIpc) is 3.21. The molecule has 4 nitrogen and oxygen atoms in total. The number of nitrogens with zero attached hydrogens (tertiary/aromatic N) is 1. The highest BCUT2D eigenvalue weighted by atomic mass is 32.1. The van der Waals surface area contributed by atoms with E-state index in [1.807, 2.05) is 23.7 Å². The van der Waals surface area contributed by atoms with Crippen molar-refractivity contribution in [1.82, 2.24) is 4.98 Å². The smallest absolute Gasteiger partial charge is 0.225 e. The molecule has 0 aliphatic heterocycles. The lowest BCUT2D eigenvalue weighted by molar-refractivity contribution is -0.145. The van der Waals surface area contributed by atoms with Gasteiger partial charge in [-0.05, 0) is 73.1 Å². The largest absolute Gasteiger partial charge is 0.393 e. The number of hydrogen-bond acceptors (Lipinski definition) is 4. The summed E-state index contributed by atoms with van der Waals surface area (Å²) in [5.41, 5.74) is 4.84. The maximum Gasteiger partial charge on any atom is 0.225 e. The SMILES string of the molecule is O=C(CC1(c2ccccc2)C2CC3CC1CC(C2)C3O)Nc1ccc2ncsc2c1. The lowest BCUT2D eigenvalue weighted by atomic mass is 9.42. The molecule has 1 amide bonds. The highest BCUT2D eigenvalue weighted by Gasteiger charge is 2.60. The molecule has 3 aromatic rings. The summed E-state index contributed by atoms with van der Waals surface area (Å²) in [6.07, 6.45) is 4.56. The maximum atomic E-state index is 13.3. The molecule has 1 aromatic heterocycles. The molecule has 5 heteroatoms. The fraction of sp³-hybridized carbons (Fsp3) is 0.440. The van der Waals surface area contributed by atoms with Gasteiger partial charge in [0.25, 0.3) is 0 Å². The Hall–Kier alpha value is -2.24. The summed E-state index contributed by atoms with van der Waals surface area (Å²) < 4.78 is 1.09. The van der Waals surface area contributed by atoms with Crippen molar-refractivity contribution in [1.29, 1.82) is 0 Å². The first-order valence-corrected chi connectivity index (χ1v) is 11.9. The Bertz CT molecular complexity index is 1060. The van der Waals surface area contributed by atoms with Crippen molar-refractivity contribution in [2.45, 2.75) is 43.6 Å². The first kappa shape index (κ1) is 18.5. The van der Waals surface area contributed by atoms with E-state index in [0.29, 0.717) is 30.1 Å². The van der Waals surface area contributed by atoms with Crippen LogP contribution in [-0.4, -0.2) is 22.1 Å². The minimum absolute atomic E-state index is 0.0933. The third-order valence-corrected chi connectivity index (χ3v) is 8.94. The number of amides is 1. The fourth-order valence-corrected chi connectivity index (χ4v) is 7.69. The second-order valence-corrected chi connectivity index (χ2v) is 10.4. The molecule has 0 saturated heterocycles. The van der Waals surface area contributed by atoms with Gasteiger partial charge in [0.1, 0.15) is 0 Å². The number of nitrogens with one attached hydrogen (secondary N) is 1. The molecular formula is C25H26N2O2S. The average molecular weight is 419 g/mol. The van der Waals surface area contributed by atoms with Crippen molar-refractivity contribution >= 4 is 33.1 Å². The molecule has 2 aromatic carbocycles. The number of aliphatic hydroxyl groups excluding tert-OH is 1. The number of hydrogen-bond donors (Lipinski definition) is 2. The quantitative estimate of drug-likeness (QED) is 0.627. The summed E-state index contributed by atoms with van der Waals surface area (Å²) in [5.74, 6) is 1.87. The molecule has 0 radical (unpaired) electrons. The van der Waals surface area contributed by atoms with Gasteiger partial charge in [0.05, 0.1) is 21.8 Å². The molecule has 0 unspecified atom stereocenters. The Morgan fingerprint density at radius 1 is 1.07 bits per heavy atom. The van der Waals surface area contributed by atoms with E-state index in [9.17, 15) is 9.90 Å². The van der Waals surface area contributed by atoms with Gasteiger partial charge in [-0.25, -0.2) is 4.98 Å². The zero-order valence-electron chi connectivity index (χ0n) is 16.8. The number of carbonyl (C=O) groups excluding carboxylic acids is 1. The minimum Gasteiger partial charge on any atom is -0.393 e. The van der Waals surface area contributed by atoms with E-state index in [2.05, 4.69) is 40.6 Å². The summed E-state index contributed by atoms with van der Waals surface area (Å²) in [5, 5.41) is 13.8. The maximum absolute atomic E-state index is 13.3. The van der Waals surface area contributed by atoms with Crippen molar-refractivity contribution in [3.8, 4) is 0 Å². The Morgan fingerprint density at radius 2 is 1.77 bits per heavy atom. The van der Waals surface area contributed by atoms with E-state index in [-0.39, 0.29) is 17.4 Å². The number of anilines is 1. The number of rotatable bonds is 4. The van der Waals surface area contributed by atoms with Crippen molar-refractivity contribution in [3.05, 3.63) is 59.6 Å². The summed E-state index contributed by atoms with van der Waals surface area (Å²) in [6.45, 7) is 0. The number of benzene rings is 2. The molecular weight excluding hydrogens is 392 g/mol. The van der Waals surface area contributed by atoms with Crippen LogP contribution < -0.4 is 5.32 Å². The molecule has 0 atom stereocenters. The van der Waals surface area contributed by atoms with Crippen LogP contribution in [-0.2, 0) is 10.2 Å². The third kappa shape index (κ3) is 2.75. The van der Waals surface area contributed by atoms with Crippen LogP contribution in [0.25, 0.3) is 10.2 Å². The minimum atomic E-state index is -0.133. The Kier molecular flexibility index (Phi) is 4.26. The predicted molar refractivity (Wildman–Crippen MR) is 119 cm³/mol. The Balaban J connectivity index is 1.33. The van der Waals surface area contributed by atoms with Crippen LogP contribution >= 0.6 is 11.3 Å². The van der Waals surface area contributed by atoms with Crippen LogP contribution in [0.2, 0.25) is 0 Å². The summed E-state index contributed by atoms with van der Waals surface area (Å²) in [6, 6.07) is 16.6. The van der Waals surface area contributed by atoms with Crippen LogP contribution in [0, 0.1) is 23.7 Å². The zero-order valence-corrected chi connectivity index (χ0v) is 17.6. The van der Waals surface area contributed by atoms with Crippen molar-refractivity contribution in [2.24, 2.45) is 23.7 Å². The van der Waals surface area contributed by atoms with Crippen LogP contribution in [0.1, 0.15) is 37.7 Å². The zero-order chi connectivity index (χ0) is 20.3. The fourth-order valence-electron chi connectivity index (χ4n) is 6.98. The topological polar surface area (TPSA) is 62.2 Å². The summed E-state index contributed by atoms with van der Waals surface area (Å²) in [7, 11) is 0. The van der Waals surface area contributed by atoms with Gasteiger partial charge < -0.3 is 10.4 Å². The second-order valence-electron chi connectivity index (χ2n) is 9.51. The van der Waals surface area contributed by atoms with Crippen molar-refractivity contribution in [2.75, 3.05) is 5.32 Å². The molecule has 4 bridgehead atoms. The van der Waals surface area contributed by atoms with Gasteiger partial charge in [0, 0.05) is 17.5 Å². The van der Waals surface area contributed by atoms with Crippen LogP contribution in [0.3, 0.4) is 0 Å². The summed E-state index contributed by atoms with van der Waals surface area (Å²) in [4.78, 5) is 17.7. The monoisotopic (exact) mass is 418 g/mol. The van der Waals surface area contributed by atoms with Crippen molar-refractivity contribution < 1.29 is 9.90 Å². The molecule has 30 heavy (non-hydrogen) atoms. The molecule has 4 aliphatic rings. The van der Waals surface area contributed by atoms with Crippen LogP contribution in [0.5, 0.6) is 0 Å². The normalized spacial score (nSPS) is 34.4. The van der Waals surface area contributed by atoms with E-state index in [1.165, 1.54) is 5.56 Å². The number of carbonyl (C=O) groups is 1. The number of aromatic nitrogens is 1. The van der Waals surface area contributed by atoms with Crippen molar-refractivity contribution in [3.63, 3.8) is 0 Å². The third-order valence-electron chi connectivity index (χ3n) is 8.15. The molecule has 154 valence electrons. The Morgan fingerprint density at radius 3 is 2.47 bits per heavy atom. The van der Waals surface area contributed by atoms with E-state index in [1.54, 1.807) is 11.3 Å². The van der Waals surface area contributed by atoms with Gasteiger partial charge >= 0.3 is 0 Å². The standard InChI is InChI=1S/C25H26N2O2S/c28-23(27-20-6-7-21-22(12-20)30-14-26-21)13-25(17-4-2-1-3-5-17)18-8-15-9-19(25)11-16(10-18)24(15)29/h1-7,12,14-16,18-19,24,29H,8-11,13H2,(H,27,28). The number of fused-ring (bicyclic) bond motifs is 1. The lowest BCUT2D eigenvalue weighted by Gasteiger charge is -2.63. The number of thiazole rings is 1. The predicted octanol–water partition coefficient (Wildman–Crippen LogP) is 4.99. The van der Waals surface area contributed by atoms with Gasteiger partial charge in [0.15, 0.2) is 0 Å². The second kappa shape index (κ2) is 6.89. The van der Waals surface area contributed by atoms with Gasteiger partial charge in [-0.1, -0.05) is 30.3 Å². The molecule has 4 saturated carbocycles. The Labute approximate surface area is 180 Å². The van der Waals surface area contributed by atoms with E-state index < -0.39 is 0 Å². The van der Waals surface area contributed by atoms with Crippen LogP contribution in [0.15, 0.2) is 54.0 Å². The van der Waals surface area contributed by atoms with Crippen LogP contribution in [0.4, 0.5) is 5.69 Å². The van der Waals surface area contributed by atoms with E-state index >= 15 is 0 Å². The van der Waals surface area contributed by atoms with Gasteiger partial charge in [0.2, 0.25) is 5.91 Å². The molecule has 0 spiro atoms. The first-order valence-electron chi connectivity index (χ1n) is 11.0. The molecule has 2 N–H and O–H groups in total. The lowest BCUT2D eigenvalue weighted by Crippen LogP contribution is -2.60. The first-order chi connectivity index (χ1) is 14.6. The number of aliphatic hydroxyl groups is 1. The van der Waals surface area contributed by atoms with E-state index in [0.717, 1.165) is 41.6 Å². The molecule has 4 fully saturated rings. The van der Waals surface area contributed by atoms with Gasteiger partial charge in [-0.3, -0.25) is 4.79 Å². The highest BCUT2D eigenvalue weighted by molar-refractivity contribution is 7.16. The molecule has 7 rings (SSSR count). The molecule has 4 aliphatic carbocycles. The van der Waals surface area contributed by atoms with Gasteiger partial charge in [-0.2, -0.15) is 0 Å². The van der Waals surface area contributed by atoms with Gasteiger partial charge in [-0.15, -0.1) is 11.3 Å².